The van der Waals surface area contributed by atoms with Crippen LogP contribution < -0.4 is 10.6 Å². The van der Waals surface area contributed by atoms with E-state index in [1.807, 2.05) is 25.2 Å². The topological polar surface area (TPSA) is 44.4 Å². The fraction of sp³-hybridized carbons (Fsp3) is 0.611. The van der Waals surface area contributed by atoms with E-state index in [9.17, 15) is 4.79 Å². The second-order valence-corrected chi connectivity index (χ2v) is 7.32. The quantitative estimate of drug-likeness (QED) is 0.899. The van der Waals surface area contributed by atoms with Crippen molar-refractivity contribution in [2.45, 2.75) is 57.2 Å². The van der Waals surface area contributed by atoms with E-state index in [2.05, 4.69) is 21.6 Å². The van der Waals surface area contributed by atoms with E-state index in [4.69, 9.17) is 0 Å². The first-order valence-corrected chi connectivity index (χ1v) is 8.53. The Labute approximate surface area is 132 Å². The van der Waals surface area contributed by atoms with E-state index in [0.717, 1.165) is 17.8 Å². The summed E-state index contributed by atoms with van der Waals surface area (Å²) in [6.07, 6.45) is 7.63. The molecule has 2 amide bonds. The van der Waals surface area contributed by atoms with Gasteiger partial charge in [-0.05, 0) is 62.6 Å². The number of nitrogens with zero attached hydrogens (tertiary/aromatic N) is 1. The normalized spacial score (nSPS) is 28.0. The first kappa shape index (κ1) is 14.1. The lowest BCUT2D eigenvalue weighted by Gasteiger charge is -2.39. The highest BCUT2D eigenvalue weighted by atomic mass is 16.2. The summed E-state index contributed by atoms with van der Waals surface area (Å²) in [7, 11) is 1.93. The molecule has 2 heterocycles. The van der Waals surface area contributed by atoms with Crippen LogP contribution in [-0.2, 0) is 6.54 Å². The summed E-state index contributed by atoms with van der Waals surface area (Å²) in [5.41, 5.74) is 2.70. The number of para-hydroxylation sites is 1. The summed E-state index contributed by atoms with van der Waals surface area (Å²) in [4.78, 5) is 15.0. The van der Waals surface area contributed by atoms with Crippen molar-refractivity contribution < 1.29 is 4.79 Å². The Morgan fingerprint density at radius 1 is 1.23 bits per heavy atom. The predicted octanol–water partition coefficient (Wildman–Crippen LogP) is 3.34. The third-order valence-electron chi connectivity index (χ3n) is 5.77. The van der Waals surface area contributed by atoms with Gasteiger partial charge in [-0.25, -0.2) is 4.79 Å². The maximum Gasteiger partial charge on any atom is 0.322 e. The van der Waals surface area contributed by atoms with Crippen molar-refractivity contribution in [3.05, 3.63) is 29.8 Å². The fourth-order valence-corrected chi connectivity index (χ4v) is 4.53. The van der Waals surface area contributed by atoms with Crippen molar-refractivity contribution in [1.82, 2.24) is 10.2 Å². The highest BCUT2D eigenvalue weighted by Crippen LogP contribution is 2.59. The summed E-state index contributed by atoms with van der Waals surface area (Å²) in [5, 5.41) is 6.32. The largest absolute Gasteiger partial charge is 0.322 e. The molecule has 1 spiro atoms. The molecule has 0 radical (unpaired) electrons. The molecule has 1 saturated carbocycles. The van der Waals surface area contributed by atoms with Crippen LogP contribution >= 0.6 is 0 Å². The highest BCUT2D eigenvalue weighted by molar-refractivity contribution is 5.91. The minimum absolute atomic E-state index is 0.103. The zero-order valence-corrected chi connectivity index (χ0v) is 13.3. The number of rotatable bonds is 3. The van der Waals surface area contributed by atoms with Crippen LogP contribution in [0.3, 0.4) is 0 Å². The third kappa shape index (κ3) is 2.39. The van der Waals surface area contributed by atoms with Gasteiger partial charge in [0.15, 0.2) is 0 Å². The van der Waals surface area contributed by atoms with Gasteiger partial charge in [0, 0.05) is 24.3 Å². The molecule has 4 nitrogen and oxygen atoms in total. The molecule has 1 aromatic rings. The summed E-state index contributed by atoms with van der Waals surface area (Å²) >= 11 is 0. The van der Waals surface area contributed by atoms with Gasteiger partial charge in [-0.1, -0.05) is 18.2 Å². The van der Waals surface area contributed by atoms with Gasteiger partial charge in [-0.3, -0.25) is 0 Å². The number of fused-ring (bicyclic) bond motifs is 2. The van der Waals surface area contributed by atoms with Crippen molar-refractivity contribution in [2.75, 3.05) is 12.4 Å². The van der Waals surface area contributed by atoms with E-state index in [-0.39, 0.29) is 6.03 Å². The molecule has 2 bridgehead atoms. The monoisotopic (exact) mass is 299 g/mol. The van der Waals surface area contributed by atoms with Gasteiger partial charge in [0.1, 0.15) is 0 Å². The van der Waals surface area contributed by atoms with E-state index in [1.54, 1.807) is 0 Å². The minimum atomic E-state index is 0.103. The molecule has 4 rings (SSSR count). The van der Waals surface area contributed by atoms with E-state index < -0.39 is 0 Å². The molecular formula is C18H25N3O. The summed E-state index contributed by atoms with van der Waals surface area (Å²) in [6, 6.07) is 9.11. The lowest BCUT2D eigenvalue weighted by Crippen LogP contribution is -2.49. The lowest BCUT2D eigenvalue weighted by molar-refractivity contribution is 0.123. The summed E-state index contributed by atoms with van der Waals surface area (Å²) in [6.45, 7) is 0.770. The van der Waals surface area contributed by atoms with Crippen LogP contribution in [0.25, 0.3) is 0 Å². The minimum Gasteiger partial charge on any atom is -0.319 e. The SMILES string of the molecule is CNCc1ccccc1NC(=O)N1C2CCC1CC1(CC1)C2. The Bertz CT molecular complexity index is 565. The number of hydrogen-bond donors (Lipinski definition) is 2. The van der Waals surface area contributed by atoms with E-state index >= 15 is 0 Å². The zero-order chi connectivity index (χ0) is 15.2. The molecule has 118 valence electrons. The Hall–Kier alpha value is -1.55. The van der Waals surface area contributed by atoms with E-state index in [0.29, 0.717) is 17.5 Å². The van der Waals surface area contributed by atoms with Gasteiger partial charge in [0.2, 0.25) is 0 Å². The van der Waals surface area contributed by atoms with Crippen molar-refractivity contribution in [3.8, 4) is 0 Å². The van der Waals surface area contributed by atoms with Crippen LogP contribution in [0.1, 0.15) is 44.1 Å². The maximum atomic E-state index is 12.8. The average Bonchev–Trinajstić information content (AvgIpc) is 3.19. The summed E-state index contributed by atoms with van der Waals surface area (Å²) in [5.74, 6) is 0. The lowest BCUT2D eigenvalue weighted by atomic mass is 9.88. The van der Waals surface area contributed by atoms with Crippen LogP contribution in [-0.4, -0.2) is 30.1 Å². The molecule has 0 aromatic heterocycles. The number of amides is 2. The van der Waals surface area contributed by atoms with Gasteiger partial charge in [0.05, 0.1) is 0 Å². The molecule has 2 N–H and O–H groups in total. The van der Waals surface area contributed by atoms with Crippen LogP contribution in [0.4, 0.5) is 10.5 Å². The standard InChI is InChI=1S/C18H25N3O/c1-19-12-13-4-2-3-5-16(13)20-17(22)21-14-6-7-15(21)11-18(10-14)8-9-18/h2-5,14-15,19H,6-12H2,1H3,(H,20,22). The van der Waals surface area contributed by atoms with Gasteiger partial charge < -0.3 is 15.5 Å². The third-order valence-corrected chi connectivity index (χ3v) is 5.77. The smallest absolute Gasteiger partial charge is 0.319 e. The van der Waals surface area contributed by atoms with Gasteiger partial charge in [-0.15, -0.1) is 0 Å². The van der Waals surface area contributed by atoms with Gasteiger partial charge in [0.25, 0.3) is 0 Å². The molecule has 4 heteroatoms. The molecule has 22 heavy (non-hydrogen) atoms. The van der Waals surface area contributed by atoms with Gasteiger partial charge >= 0.3 is 6.03 Å². The second-order valence-electron chi connectivity index (χ2n) is 7.32. The molecule has 2 saturated heterocycles. The molecule has 3 aliphatic rings. The van der Waals surface area contributed by atoms with Crippen LogP contribution in [0.2, 0.25) is 0 Å². The van der Waals surface area contributed by atoms with Crippen molar-refractivity contribution in [2.24, 2.45) is 5.41 Å². The van der Waals surface area contributed by atoms with Crippen LogP contribution in [0, 0.1) is 5.41 Å². The molecule has 2 aliphatic heterocycles. The highest BCUT2D eigenvalue weighted by Gasteiger charge is 2.55. The fourth-order valence-electron chi connectivity index (χ4n) is 4.53. The first-order chi connectivity index (χ1) is 10.7. The van der Waals surface area contributed by atoms with Crippen molar-refractivity contribution >= 4 is 11.7 Å². The van der Waals surface area contributed by atoms with Gasteiger partial charge in [-0.2, -0.15) is 0 Å². The number of carbonyl (C=O) groups excluding carboxylic acids is 1. The number of piperidine rings is 1. The molecule has 1 aromatic carbocycles. The number of benzene rings is 1. The Kier molecular flexibility index (Phi) is 3.37. The average molecular weight is 299 g/mol. The first-order valence-electron chi connectivity index (χ1n) is 8.53. The van der Waals surface area contributed by atoms with Crippen LogP contribution in [0.5, 0.6) is 0 Å². The molecule has 3 fully saturated rings. The molecule has 1 aliphatic carbocycles. The Morgan fingerprint density at radius 2 is 1.91 bits per heavy atom. The second kappa shape index (κ2) is 5.27. The maximum absolute atomic E-state index is 12.8. The number of carbonyl (C=O) groups is 1. The number of nitrogens with one attached hydrogen (secondary N) is 2. The molecule has 2 unspecified atom stereocenters. The van der Waals surface area contributed by atoms with Crippen LogP contribution in [0.15, 0.2) is 24.3 Å². The number of urea groups is 1. The number of anilines is 1. The molecular weight excluding hydrogens is 274 g/mol. The van der Waals surface area contributed by atoms with E-state index in [1.165, 1.54) is 38.5 Å². The zero-order valence-electron chi connectivity index (χ0n) is 13.3. The molecule has 2 atom stereocenters. The van der Waals surface area contributed by atoms with Crippen molar-refractivity contribution in [1.29, 1.82) is 0 Å². The Morgan fingerprint density at radius 3 is 2.55 bits per heavy atom. The predicted molar refractivity (Wildman–Crippen MR) is 87.8 cm³/mol. The Balaban J connectivity index is 1.49. The van der Waals surface area contributed by atoms with Crippen molar-refractivity contribution in [3.63, 3.8) is 0 Å². The number of hydrogen-bond acceptors (Lipinski definition) is 2. The summed E-state index contributed by atoms with van der Waals surface area (Å²) < 4.78 is 0.